The maximum absolute atomic E-state index is 12.1. The van der Waals surface area contributed by atoms with Gasteiger partial charge in [0.25, 0.3) is 0 Å². The molecule has 3 rings (SSSR count). The number of rotatable bonds is 5. The second-order valence-electron chi connectivity index (χ2n) is 5.95. The highest BCUT2D eigenvalue weighted by atomic mass is 16.5. The number of piperazine rings is 1. The number of carbonyl (C=O) groups is 1. The lowest BCUT2D eigenvalue weighted by Gasteiger charge is -2.36. The summed E-state index contributed by atoms with van der Waals surface area (Å²) in [4.78, 5) is 24.8. The van der Waals surface area contributed by atoms with E-state index in [1.54, 1.807) is 24.5 Å². The van der Waals surface area contributed by atoms with E-state index in [4.69, 9.17) is 4.52 Å². The maximum atomic E-state index is 12.1. The maximum Gasteiger partial charge on any atom is 0.243 e. The summed E-state index contributed by atoms with van der Waals surface area (Å²) < 4.78 is 5.25. The first-order valence-electron chi connectivity index (χ1n) is 8.08. The molecule has 2 aromatic rings. The topological polar surface area (TPSA) is 87.4 Å². The number of amides is 1. The van der Waals surface area contributed by atoms with Gasteiger partial charge in [-0.3, -0.25) is 19.6 Å². The van der Waals surface area contributed by atoms with E-state index in [-0.39, 0.29) is 11.9 Å². The summed E-state index contributed by atoms with van der Waals surface area (Å²) in [5.41, 5.74) is 0.772. The molecule has 2 aromatic heterocycles. The van der Waals surface area contributed by atoms with E-state index in [0.29, 0.717) is 18.3 Å². The van der Waals surface area contributed by atoms with Crippen LogP contribution in [0.5, 0.6) is 0 Å². The number of hydrogen-bond donors (Lipinski definition) is 1. The van der Waals surface area contributed by atoms with Crippen molar-refractivity contribution in [3.05, 3.63) is 36.2 Å². The largest absolute Gasteiger partial charge is 0.338 e. The average molecular weight is 330 g/mol. The predicted octanol–water partition coefficient (Wildman–Crippen LogP) is 1.09. The lowest BCUT2D eigenvalue weighted by atomic mass is 10.2. The lowest BCUT2D eigenvalue weighted by Crippen LogP contribution is -2.49. The Morgan fingerprint density at radius 3 is 2.62 bits per heavy atom. The number of aromatic nitrogens is 3. The minimum absolute atomic E-state index is 0.00442. The van der Waals surface area contributed by atoms with Crippen LogP contribution in [0.2, 0.25) is 0 Å². The van der Waals surface area contributed by atoms with Crippen LogP contribution in [0.25, 0.3) is 0 Å². The number of carbonyl (C=O) groups excluding carboxylic acids is 1. The first-order valence-corrected chi connectivity index (χ1v) is 8.08. The standard InChI is InChI=1S/C16H22N6O2/c1-12(16-18-13(2)20-24-16)22-9-7-21(8-10-22)11-15(23)19-14-3-5-17-6-4-14/h3-6,12H,7-11H2,1-2H3,(H,17,19,23)/t12-/m1/s1. The molecule has 0 spiro atoms. The number of aryl methyl sites for hydroxylation is 1. The smallest absolute Gasteiger partial charge is 0.243 e. The Labute approximate surface area is 140 Å². The van der Waals surface area contributed by atoms with E-state index in [1.807, 2.05) is 6.92 Å². The minimum Gasteiger partial charge on any atom is -0.338 e. The SMILES string of the molecule is Cc1noc([C@@H](C)N2CCN(CC(=O)Nc3ccncc3)CC2)n1. The Morgan fingerprint density at radius 1 is 1.29 bits per heavy atom. The molecule has 24 heavy (non-hydrogen) atoms. The summed E-state index contributed by atoms with van der Waals surface area (Å²) in [6.07, 6.45) is 3.32. The van der Waals surface area contributed by atoms with Crippen LogP contribution in [0.4, 0.5) is 5.69 Å². The van der Waals surface area contributed by atoms with Crippen molar-refractivity contribution < 1.29 is 9.32 Å². The molecule has 1 aliphatic heterocycles. The Kier molecular flexibility index (Phi) is 5.17. The third kappa shape index (κ3) is 4.15. The molecule has 1 N–H and O–H groups in total. The van der Waals surface area contributed by atoms with Crippen LogP contribution >= 0.6 is 0 Å². The van der Waals surface area contributed by atoms with Gasteiger partial charge in [-0.1, -0.05) is 5.16 Å². The van der Waals surface area contributed by atoms with Gasteiger partial charge in [-0.05, 0) is 26.0 Å². The quantitative estimate of drug-likeness (QED) is 0.878. The number of nitrogens with one attached hydrogen (secondary N) is 1. The summed E-state index contributed by atoms with van der Waals surface area (Å²) in [6.45, 7) is 7.68. The van der Waals surface area contributed by atoms with Crippen LogP contribution in [0.1, 0.15) is 24.7 Å². The number of pyridine rings is 1. The van der Waals surface area contributed by atoms with Gasteiger partial charge in [0, 0.05) is 44.3 Å². The van der Waals surface area contributed by atoms with Gasteiger partial charge in [-0.25, -0.2) is 0 Å². The second kappa shape index (κ2) is 7.50. The van der Waals surface area contributed by atoms with Crippen molar-refractivity contribution in [2.75, 3.05) is 38.0 Å². The van der Waals surface area contributed by atoms with Crippen LogP contribution in [0.3, 0.4) is 0 Å². The van der Waals surface area contributed by atoms with Gasteiger partial charge in [0.1, 0.15) is 0 Å². The molecule has 0 aliphatic carbocycles. The summed E-state index contributed by atoms with van der Waals surface area (Å²) in [5.74, 6) is 1.30. The highest BCUT2D eigenvalue weighted by Gasteiger charge is 2.26. The van der Waals surface area contributed by atoms with Gasteiger partial charge in [0.2, 0.25) is 11.8 Å². The molecule has 1 fully saturated rings. The van der Waals surface area contributed by atoms with Crippen molar-refractivity contribution in [2.45, 2.75) is 19.9 Å². The fraction of sp³-hybridized carbons (Fsp3) is 0.500. The van der Waals surface area contributed by atoms with Crippen LogP contribution in [-0.2, 0) is 4.79 Å². The van der Waals surface area contributed by atoms with Gasteiger partial charge in [-0.15, -0.1) is 0 Å². The molecule has 128 valence electrons. The molecule has 8 heteroatoms. The minimum atomic E-state index is -0.00442. The van der Waals surface area contributed by atoms with E-state index in [0.717, 1.165) is 31.9 Å². The summed E-state index contributed by atoms with van der Waals surface area (Å²) in [6, 6.07) is 3.66. The van der Waals surface area contributed by atoms with E-state index in [9.17, 15) is 4.79 Å². The van der Waals surface area contributed by atoms with E-state index < -0.39 is 0 Å². The molecule has 1 aliphatic rings. The van der Waals surface area contributed by atoms with E-state index >= 15 is 0 Å². The van der Waals surface area contributed by atoms with Crippen molar-refractivity contribution >= 4 is 11.6 Å². The van der Waals surface area contributed by atoms with Crippen molar-refractivity contribution in [1.29, 1.82) is 0 Å². The molecule has 1 amide bonds. The van der Waals surface area contributed by atoms with Crippen molar-refractivity contribution in [3.63, 3.8) is 0 Å². The van der Waals surface area contributed by atoms with Gasteiger partial charge in [0.05, 0.1) is 12.6 Å². The lowest BCUT2D eigenvalue weighted by molar-refractivity contribution is -0.117. The fourth-order valence-corrected chi connectivity index (χ4v) is 2.79. The number of anilines is 1. The van der Waals surface area contributed by atoms with E-state index in [1.165, 1.54) is 0 Å². The molecule has 0 radical (unpaired) electrons. The van der Waals surface area contributed by atoms with Crippen molar-refractivity contribution in [3.8, 4) is 0 Å². The van der Waals surface area contributed by atoms with Gasteiger partial charge >= 0.3 is 0 Å². The zero-order chi connectivity index (χ0) is 16.9. The molecule has 0 bridgehead atoms. The Hall–Kier alpha value is -2.32. The van der Waals surface area contributed by atoms with Crippen LogP contribution in [0, 0.1) is 6.92 Å². The van der Waals surface area contributed by atoms with Crippen LogP contribution < -0.4 is 5.32 Å². The van der Waals surface area contributed by atoms with Crippen LogP contribution in [0.15, 0.2) is 29.0 Å². The monoisotopic (exact) mass is 330 g/mol. The van der Waals surface area contributed by atoms with Gasteiger partial charge in [-0.2, -0.15) is 4.98 Å². The molecule has 0 saturated carbocycles. The zero-order valence-corrected chi connectivity index (χ0v) is 14.0. The Morgan fingerprint density at radius 2 is 2.00 bits per heavy atom. The molecular formula is C16H22N6O2. The van der Waals surface area contributed by atoms with E-state index in [2.05, 4.69) is 37.2 Å². The summed E-state index contributed by atoms with van der Waals surface area (Å²) >= 11 is 0. The molecule has 8 nitrogen and oxygen atoms in total. The highest BCUT2D eigenvalue weighted by Crippen LogP contribution is 2.19. The molecule has 1 saturated heterocycles. The normalized spacial score (nSPS) is 17.6. The summed E-state index contributed by atoms with van der Waals surface area (Å²) in [7, 11) is 0. The highest BCUT2D eigenvalue weighted by molar-refractivity contribution is 5.92. The molecule has 3 heterocycles. The third-order valence-corrected chi connectivity index (χ3v) is 4.19. The molecule has 1 atom stereocenters. The fourth-order valence-electron chi connectivity index (χ4n) is 2.79. The predicted molar refractivity (Wildman–Crippen MR) is 88.3 cm³/mol. The first-order chi connectivity index (χ1) is 11.6. The Balaban J connectivity index is 1.46. The molecular weight excluding hydrogens is 308 g/mol. The summed E-state index contributed by atoms with van der Waals surface area (Å²) in [5, 5.41) is 6.73. The number of nitrogens with zero attached hydrogens (tertiary/aromatic N) is 5. The van der Waals surface area contributed by atoms with Crippen molar-refractivity contribution in [1.82, 2.24) is 24.9 Å². The third-order valence-electron chi connectivity index (χ3n) is 4.19. The second-order valence-corrected chi connectivity index (χ2v) is 5.95. The first kappa shape index (κ1) is 16.5. The van der Waals surface area contributed by atoms with Crippen LogP contribution in [-0.4, -0.2) is 63.6 Å². The Bertz CT molecular complexity index is 666. The average Bonchev–Trinajstić information content (AvgIpc) is 3.02. The van der Waals surface area contributed by atoms with Crippen molar-refractivity contribution in [2.24, 2.45) is 0 Å². The molecule has 0 aromatic carbocycles. The van der Waals surface area contributed by atoms with Gasteiger partial charge in [0.15, 0.2) is 5.82 Å². The van der Waals surface area contributed by atoms with Gasteiger partial charge < -0.3 is 9.84 Å². The molecule has 0 unspecified atom stereocenters. The zero-order valence-electron chi connectivity index (χ0n) is 14.0. The number of hydrogen-bond acceptors (Lipinski definition) is 7.